The number of aromatic nitrogens is 2. The normalized spacial score (nSPS) is 12.7. The average Bonchev–Trinajstić information content (AvgIpc) is 3.52. The summed E-state index contributed by atoms with van der Waals surface area (Å²) in [6.45, 7) is 4.71. The van der Waals surface area contributed by atoms with E-state index in [1.54, 1.807) is 0 Å². The van der Waals surface area contributed by atoms with E-state index in [1.807, 2.05) is 18.2 Å². The Morgan fingerprint density at radius 3 is 1.44 bits per heavy atom. The van der Waals surface area contributed by atoms with Crippen molar-refractivity contribution in [2.45, 2.75) is 19.3 Å². The molecule has 1 aromatic heterocycles. The fraction of sp³-hybridized carbons (Fsp3) is 0.0526. The zero-order valence-electron chi connectivity index (χ0n) is 33.0. The predicted octanol–water partition coefficient (Wildman–Crippen LogP) is 15.1. The SMILES string of the molecule is CC1(C)c2ccc(-c3ccc(-c4cc(-c5ccc(-c6ccc(-c7ccccc7)cc6)cc5)nc(-c5ccccc5)n4)c4ccccc34)cc2-c2cc3ccccc3cc21. The summed E-state index contributed by atoms with van der Waals surface area (Å²) in [5.41, 5.74) is 17.5. The Balaban J connectivity index is 0.994. The first kappa shape index (κ1) is 34.8. The molecule has 0 N–H and O–H groups in total. The Morgan fingerprint density at radius 1 is 0.305 bits per heavy atom. The highest BCUT2D eigenvalue weighted by Gasteiger charge is 2.36. The third-order valence-corrected chi connectivity index (χ3v) is 12.3. The van der Waals surface area contributed by atoms with E-state index >= 15 is 0 Å². The molecule has 59 heavy (non-hydrogen) atoms. The zero-order chi connectivity index (χ0) is 39.5. The second-order valence-electron chi connectivity index (χ2n) is 16.2. The number of benzene rings is 9. The van der Waals surface area contributed by atoms with Crippen LogP contribution >= 0.6 is 0 Å². The Kier molecular flexibility index (Phi) is 8.20. The molecule has 11 rings (SSSR count). The minimum absolute atomic E-state index is 0.0746. The van der Waals surface area contributed by atoms with Crippen LogP contribution in [-0.2, 0) is 5.41 Å². The molecule has 2 nitrogen and oxygen atoms in total. The molecular formula is C57H40N2. The van der Waals surface area contributed by atoms with Gasteiger partial charge in [-0.3, -0.25) is 0 Å². The van der Waals surface area contributed by atoms with Gasteiger partial charge in [0.1, 0.15) is 0 Å². The molecule has 9 aromatic carbocycles. The minimum Gasteiger partial charge on any atom is -0.228 e. The van der Waals surface area contributed by atoms with Crippen LogP contribution < -0.4 is 0 Å². The number of hydrogen-bond acceptors (Lipinski definition) is 2. The molecule has 1 heterocycles. The highest BCUT2D eigenvalue weighted by molar-refractivity contribution is 6.05. The van der Waals surface area contributed by atoms with Gasteiger partial charge in [-0.05, 0) is 101 Å². The van der Waals surface area contributed by atoms with Crippen molar-refractivity contribution in [1.82, 2.24) is 9.97 Å². The van der Waals surface area contributed by atoms with Gasteiger partial charge in [0, 0.05) is 22.1 Å². The highest BCUT2D eigenvalue weighted by Crippen LogP contribution is 2.51. The van der Waals surface area contributed by atoms with E-state index in [9.17, 15) is 0 Å². The average molecular weight is 753 g/mol. The van der Waals surface area contributed by atoms with Gasteiger partial charge in [-0.15, -0.1) is 0 Å². The molecule has 1 aliphatic carbocycles. The molecule has 0 spiro atoms. The Labute approximate surface area is 345 Å². The third kappa shape index (κ3) is 6.04. The smallest absolute Gasteiger partial charge is 0.160 e. The summed E-state index contributed by atoms with van der Waals surface area (Å²) in [6.07, 6.45) is 0. The van der Waals surface area contributed by atoms with Crippen molar-refractivity contribution in [3.05, 3.63) is 217 Å². The van der Waals surface area contributed by atoms with Gasteiger partial charge < -0.3 is 0 Å². The van der Waals surface area contributed by atoms with Crippen LogP contribution in [0.15, 0.2) is 206 Å². The van der Waals surface area contributed by atoms with E-state index in [0.29, 0.717) is 5.82 Å². The maximum Gasteiger partial charge on any atom is 0.160 e. The van der Waals surface area contributed by atoms with E-state index in [-0.39, 0.29) is 5.41 Å². The lowest BCUT2D eigenvalue weighted by atomic mass is 9.81. The summed E-state index contributed by atoms with van der Waals surface area (Å²) in [7, 11) is 0. The van der Waals surface area contributed by atoms with Gasteiger partial charge in [0.15, 0.2) is 5.82 Å². The monoisotopic (exact) mass is 752 g/mol. The molecule has 10 aromatic rings. The maximum absolute atomic E-state index is 5.25. The van der Waals surface area contributed by atoms with Crippen LogP contribution in [0.25, 0.3) is 100.0 Å². The molecule has 0 fully saturated rings. The highest BCUT2D eigenvalue weighted by atomic mass is 14.9. The largest absolute Gasteiger partial charge is 0.228 e. The van der Waals surface area contributed by atoms with Gasteiger partial charge in [-0.2, -0.15) is 0 Å². The van der Waals surface area contributed by atoms with Crippen molar-refractivity contribution in [2.24, 2.45) is 0 Å². The standard InChI is InChI=1S/C57H40N2/c1-57(2)52-32-29-45(34-50(52)51-33-43-17-9-10-18-44(43)35-53(51)57)46-30-31-49(48-20-12-11-19-47(46)48)55-36-54(58-56(59-55)42-15-7-4-8-16-42)41-27-25-40(26-28-41)39-23-21-38(22-24-39)37-13-5-3-6-14-37/h3-36H,1-2H3. The van der Waals surface area contributed by atoms with Gasteiger partial charge in [-0.1, -0.05) is 196 Å². The van der Waals surface area contributed by atoms with Gasteiger partial charge in [0.05, 0.1) is 11.4 Å². The first-order chi connectivity index (χ1) is 29.0. The summed E-state index contributed by atoms with van der Waals surface area (Å²) < 4.78 is 0. The van der Waals surface area contributed by atoms with E-state index in [1.165, 1.54) is 71.8 Å². The Morgan fingerprint density at radius 2 is 0.780 bits per heavy atom. The van der Waals surface area contributed by atoms with E-state index in [4.69, 9.17) is 9.97 Å². The minimum atomic E-state index is -0.0746. The van der Waals surface area contributed by atoms with Crippen molar-refractivity contribution >= 4 is 21.5 Å². The van der Waals surface area contributed by atoms with E-state index in [2.05, 4.69) is 202 Å². The Hall–Kier alpha value is -7.42. The van der Waals surface area contributed by atoms with Gasteiger partial charge in [0.2, 0.25) is 0 Å². The van der Waals surface area contributed by atoms with Crippen LogP contribution in [0.5, 0.6) is 0 Å². The maximum atomic E-state index is 5.25. The molecule has 0 radical (unpaired) electrons. The number of hydrogen-bond donors (Lipinski definition) is 0. The van der Waals surface area contributed by atoms with Crippen molar-refractivity contribution in [3.63, 3.8) is 0 Å². The molecule has 0 saturated carbocycles. The lowest BCUT2D eigenvalue weighted by molar-refractivity contribution is 0.661. The molecule has 0 bridgehead atoms. The molecule has 2 heteroatoms. The summed E-state index contributed by atoms with van der Waals surface area (Å²) in [6, 6.07) is 74.4. The number of rotatable bonds is 6. The fourth-order valence-corrected chi connectivity index (χ4v) is 9.15. The van der Waals surface area contributed by atoms with E-state index in [0.717, 1.165) is 33.5 Å². The molecule has 278 valence electrons. The van der Waals surface area contributed by atoms with Crippen LogP contribution in [0, 0.1) is 0 Å². The summed E-state index contributed by atoms with van der Waals surface area (Å²) >= 11 is 0. The summed E-state index contributed by atoms with van der Waals surface area (Å²) in [5.74, 6) is 0.708. The van der Waals surface area contributed by atoms with Crippen LogP contribution in [0.4, 0.5) is 0 Å². The molecular weight excluding hydrogens is 713 g/mol. The second kappa shape index (κ2) is 13.9. The van der Waals surface area contributed by atoms with Crippen LogP contribution in [0.3, 0.4) is 0 Å². The molecule has 0 amide bonds. The van der Waals surface area contributed by atoms with Gasteiger partial charge in [0.25, 0.3) is 0 Å². The predicted molar refractivity (Wildman–Crippen MR) is 247 cm³/mol. The van der Waals surface area contributed by atoms with E-state index < -0.39 is 0 Å². The molecule has 0 saturated heterocycles. The Bertz CT molecular complexity index is 3200. The first-order valence-corrected chi connectivity index (χ1v) is 20.4. The number of fused-ring (bicyclic) bond motifs is 5. The van der Waals surface area contributed by atoms with Crippen molar-refractivity contribution in [1.29, 1.82) is 0 Å². The zero-order valence-corrected chi connectivity index (χ0v) is 33.0. The quantitative estimate of drug-likeness (QED) is 0.169. The van der Waals surface area contributed by atoms with Crippen molar-refractivity contribution < 1.29 is 0 Å². The lowest BCUT2D eigenvalue weighted by Gasteiger charge is -2.22. The second-order valence-corrected chi connectivity index (χ2v) is 16.2. The van der Waals surface area contributed by atoms with Crippen molar-refractivity contribution in [2.75, 3.05) is 0 Å². The first-order valence-electron chi connectivity index (χ1n) is 20.4. The molecule has 0 unspecified atom stereocenters. The summed E-state index contributed by atoms with van der Waals surface area (Å²) in [4.78, 5) is 10.4. The summed E-state index contributed by atoms with van der Waals surface area (Å²) in [5, 5.41) is 4.93. The van der Waals surface area contributed by atoms with Crippen molar-refractivity contribution in [3.8, 4) is 78.4 Å². The van der Waals surface area contributed by atoms with Crippen LogP contribution in [0.1, 0.15) is 25.0 Å². The molecule has 0 atom stereocenters. The fourth-order valence-electron chi connectivity index (χ4n) is 9.15. The number of nitrogens with zero attached hydrogens (tertiary/aromatic N) is 2. The van der Waals surface area contributed by atoms with Gasteiger partial charge >= 0.3 is 0 Å². The molecule has 1 aliphatic rings. The third-order valence-electron chi connectivity index (χ3n) is 12.3. The van der Waals surface area contributed by atoms with Gasteiger partial charge in [-0.25, -0.2) is 9.97 Å². The van der Waals surface area contributed by atoms with Crippen LogP contribution in [0.2, 0.25) is 0 Å². The topological polar surface area (TPSA) is 25.8 Å². The lowest BCUT2D eigenvalue weighted by Crippen LogP contribution is -2.14. The molecule has 0 aliphatic heterocycles. The van der Waals surface area contributed by atoms with Crippen LogP contribution in [-0.4, -0.2) is 9.97 Å².